The summed E-state index contributed by atoms with van der Waals surface area (Å²) in [6, 6.07) is 5.72. The largest absolute Gasteiger partial charge is 0.469 e. The van der Waals surface area contributed by atoms with E-state index in [1.807, 2.05) is 59.7 Å². The summed E-state index contributed by atoms with van der Waals surface area (Å²) in [5.74, 6) is 0. The van der Waals surface area contributed by atoms with E-state index in [4.69, 9.17) is 14.3 Å². The third kappa shape index (κ3) is 9.21. The second-order valence-corrected chi connectivity index (χ2v) is 7.92. The number of rotatable bonds is 2. The highest BCUT2D eigenvalue weighted by Crippen LogP contribution is 2.47. The van der Waals surface area contributed by atoms with Crippen molar-refractivity contribution in [3.8, 4) is 0 Å². The lowest BCUT2D eigenvalue weighted by Gasteiger charge is -2.39. The van der Waals surface area contributed by atoms with Gasteiger partial charge >= 0.3 is 7.82 Å². The first-order chi connectivity index (χ1) is 8.84. The third-order valence-corrected chi connectivity index (χ3v) is 2.87. The van der Waals surface area contributed by atoms with Gasteiger partial charge in [0.25, 0.3) is 0 Å². The topological polar surface area (TPSA) is 79.7 Å². The van der Waals surface area contributed by atoms with Crippen molar-refractivity contribution < 1.29 is 18.9 Å². The molecule has 0 saturated carbocycles. The Morgan fingerprint density at radius 2 is 1.35 bits per heavy atom. The predicted octanol–water partition coefficient (Wildman–Crippen LogP) is 3.64. The summed E-state index contributed by atoms with van der Waals surface area (Å²) in [6.07, 6.45) is 3.01. The Morgan fingerprint density at radius 3 is 1.45 bits per heavy atom. The average Bonchev–Trinajstić information content (AvgIpc) is 2.25. The van der Waals surface area contributed by atoms with Crippen molar-refractivity contribution in [2.24, 2.45) is 10.8 Å². The van der Waals surface area contributed by atoms with Crippen LogP contribution in [-0.4, -0.2) is 20.9 Å². The first kappa shape index (κ1) is 19.3. The van der Waals surface area contributed by atoms with Gasteiger partial charge in [-0.15, -0.1) is 0 Å². The lowest BCUT2D eigenvalue weighted by molar-refractivity contribution is -0.0217. The van der Waals surface area contributed by atoms with E-state index >= 15 is 0 Å². The van der Waals surface area contributed by atoms with Gasteiger partial charge in [0.05, 0.1) is 6.10 Å². The molecule has 0 aliphatic rings. The van der Waals surface area contributed by atoms with Gasteiger partial charge in [0.15, 0.2) is 0 Å². The Labute approximate surface area is 121 Å². The Hall–Kier alpha value is -0.740. The van der Waals surface area contributed by atoms with Crippen LogP contribution in [0.3, 0.4) is 0 Å². The minimum absolute atomic E-state index is 0.306. The van der Waals surface area contributed by atoms with Crippen LogP contribution in [0.15, 0.2) is 30.6 Å². The number of hydrogen-bond donors (Lipinski definition) is 2. The van der Waals surface area contributed by atoms with Gasteiger partial charge in [0.1, 0.15) is 0 Å². The van der Waals surface area contributed by atoms with Gasteiger partial charge in [-0.1, -0.05) is 47.6 Å². The normalized spacial score (nSPS) is 12.8. The number of nitrogens with zero attached hydrogens (tertiary/aromatic N) is 1. The van der Waals surface area contributed by atoms with Gasteiger partial charge in [0.2, 0.25) is 0 Å². The molecule has 0 bridgehead atoms. The summed E-state index contributed by atoms with van der Waals surface area (Å²) in [7, 11) is -4.41. The molecule has 20 heavy (non-hydrogen) atoms. The SMILES string of the molecule is CC(C)(C)C(OP(=O)(O)O)C(C)(C)C.c1ccncc1. The maximum absolute atomic E-state index is 10.8. The molecule has 0 spiro atoms. The molecule has 0 amide bonds. The van der Waals surface area contributed by atoms with Crippen LogP contribution in [0, 0.1) is 10.8 Å². The minimum Gasteiger partial charge on any atom is -0.303 e. The molecule has 0 aliphatic heterocycles. The van der Waals surface area contributed by atoms with E-state index in [1.165, 1.54) is 0 Å². The molecule has 2 N–H and O–H groups in total. The third-order valence-electron chi connectivity index (χ3n) is 2.38. The lowest BCUT2D eigenvalue weighted by Crippen LogP contribution is -2.39. The number of aromatic nitrogens is 1. The summed E-state index contributed by atoms with van der Waals surface area (Å²) in [4.78, 5) is 21.4. The Morgan fingerprint density at radius 1 is 0.950 bits per heavy atom. The summed E-state index contributed by atoms with van der Waals surface area (Å²) in [5, 5.41) is 0. The van der Waals surface area contributed by atoms with E-state index in [0.29, 0.717) is 0 Å². The smallest absolute Gasteiger partial charge is 0.303 e. The van der Waals surface area contributed by atoms with Crippen molar-refractivity contribution in [1.82, 2.24) is 4.98 Å². The Balaban J connectivity index is 0.000000493. The van der Waals surface area contributed by atoms with Crippen LogP contribution in [0.25, 0.3) is 0 Å². The monoisotopic (exact) mass is 303 g/mol. The zero-order chi connectivity index (χ0) is 16.0. The molecule has 1 rings (SSSR count). The molecule has 0 atom stereocenters. The highest BCUT2D eigenvalue weighted by Gasteiger charge is 2.40. The van der Waals surface area contributed by atoms with Crippen LogP contribution in [0.1, 0.15) is 41.5 Å². The summed E-state index contributed by atoms with van der Waals surface area (Å²) >= 11 is 0. The zero-order valence-corrected chi connectivity index (χ0v) is 14.0. The van der Waals surface area contributed by atoms with Crippen LogP contribution in [0.5, 0.6) is 0 Å². The number of phosphoric acid groups is 1. The van der Waals surface area contributed by atoms with E-state index in [1.54, 1.807) is 12.4 Å². The fraction of sp³-hybridized carbons (Fsp3) is 0.643. The van der Waals surface area contributed by atoms with Crippen molar-refractivity contribution in [1.29, 1.82) is 0 Å². The van der Waals surface area contributed by atoms with Crippen LogP contribution >= 0.6 is 7.82 Å². The standard InChI is InChI=1S/C9H21O4P.C5H5N/c1-8(2,3)7(9(4,5)6)13-14(10,11)12;1-2-4-6-5-3-1/h7H,1-6H3,(H2,10,11,12);1-5H. The van der Waals surface area contributed by atoms with Crippen LogP contribution < -0.4 is 0 Å². The predicted molar refractivity (Wildman–Crippen MR) is 80.1 cm³/mol. The van der Waals surface area contributed by atoms with Crippen LogP contribution in [0.4, 0.5) is 0 Å². The van der Waals surface area contributed by atoms with Crippen LogP contribution in [-0.2, 0) is 9.09 Å². The molecule has 0 aliphatic carbocycles. The zero-order valence-electron chi connectivity index (χ0n) is 13.1. The molecular formula is C14H26NO4P. The summed E-state index contributed by atoms with van der Waals surface area (Å²) in [6.45, 7) is 11.4. The molecule has 0 aromatic carbocycles. The number of pyridine rings is 1. The summed E-state index contributed by atoms with van der Waals surface area (Å²) in [5.41, 5.74) is -0.612. The maximum Gasteiger partial charge on any atom is 0.469 e. The van der Waals surface area contributed by atoms with E-state index in [2.05, 4.69) is 4.98 Å². The van der Waals surface area contributed by atoms with Gasteiger partial charge in [-0.25, -0.2) is 4.57 Å². The minimum atomic E-state index is -4.41. The second kappa shape index (κ2) is 7.32. The van der Waals surface area contributed by atoms with Gasteiger partial charge in [0, 0.05) is 12.4 Å². The van der Waals surface area contributed by atoms with Gasteiger partial charge < -0.3 is 9.79 Å². The number of hydrogen-bond acceptors (Lipinski definition) is 3. The quantitative estimate of drug-likeness (QED) is 0.815. The fourth-order valence-electron chi connectivity index (χ4n) is 2.07. The molecule has 0 fully saturated rings. The lowest BCUT2D eigenvalue weighted by atomic mass is 9.74. The highest BCUT2D eigenvalue weighted by atomic mass is 31.2. The average molecular weight is 303 g/mol. The highest BCUT2D eigenvalue weighted by molar-refractivity contribution is 7.46. The van der Waals surface area contributed by atoms with Gasteiger partial charge in [-0.3, -0.25) is 9.51 Å². The van der Waals surface area contributed by atoms with Crippen LogP contribution in [0.2, 0.25) is 0 Å². The molecule has 5 nitrogen and oxygen atoms in total. The van der Waals surface area contributed by atoms with Crippen molar-refractivity contribution >= 4 is 7.82 Å². The van der Waals surface area contributed by atoms with Crippen molar-refractivity contribution in [3.05, 3.63) is 30.6 Å². The van der Waals surface area contributed by atoms with E-state index in [9.17, 15) is 4.57 Å². The second-order valence-electron chi connectivity index (χ2n) is 6.73. The van der Waals surface area contributed by atoms with Crippen molar-refractivity contribution in [2.75, 3.05) is 0 Å². The molecule has 0 radical (unpaired) electrons. The molecule has 0 unspecified atom stereocenters. The summed E-state index contributed by atoms with van der Waals surface area (Å²) < 4.78 is 15.6. The molecule has 1 heterocycles. The molecular weight excluding hydrogens is 277 g/mol. The van der Waals surface area contributed by atoms with Gasteiger partial charge in [-0.05, 0) is 23.0 Å². The molecule has 0 saturated heterocycles. The van der Waals surface area contributed by atoms with E-state index in [0.717, 1.165) is 0 Å². The molecule has 116 valence electrons. The first-order valence-electron chi connectivity index (χ1n) is 6.43. The molecule has 6 heteroatoms. The number of phosphoric ester groups is 1. The van der Waals surface area contributed by atoms with E-state index < -0.39 is 13.9 Å². The Kier molecular flexibility index (Phi) is 7.05. The van der Waals surface area contributed by atoms with Crippen molar-refractivity contribution in [3.63, 3.8) is 0 Å². The molecule has 1 aromatic heterocycles. The van der Waals surface area contributed by atoms with Crippen molar-refractivity contribution in [2.45, 2.75) is 47.6 Å². The van der Waals surface area contributed by atoms with E-state index in [-0.39, 0.29) is 10.8 Å². The van der Waals surface area contributed by atoms with Gasteiger partial charge in [-0.2, -0.15) is 0 Å². The maximum atomic E-state index is 10.8. The first-order valence-corrected chi connectivity index (χ1v) is 7.96. The fourth-order valence-corrected chi connectivity index (χ4v) is 2.97. The Bertz CT molecular complexity index is 376. The molecule has 1 aromatic rings.